The van der Waals surface area contributed by atoms with Crippen LogP contribution in [0.2, 0.25) is 0 Å². The topological polar surface area (TPSA) is 17.1 Å². The summed E-state index contributed by atoms with van der Waals surface area (Å²) in [5.41, 5.74) is -1.34. The van der Waals surface area contributed by atoms with Crippen molar-refractivity contribution in [1.82, 2.24) is 0 Å². The lowest BCUT2D eigenvalue weighted by atomic mass is 10.0. The molecule has 0 radical (unpaired) electrons. The normalized spacial score (nSPS) is 11.6. The minimum atomic E-state index is -4.73. The van der Waals surface area contributed by atoms with Gasteiger partial charge in [0.2, 0.25) is 0 Å². The Balaban J connectivity index is 2.70. The molecule has 0 saturated carbocycles. The molecule has 0 fully saturated rings. The van der Waals surface area contributed by atoms with Crippen LogP contribution in [-0.4, -0.2) is 5.78 Å². The molecule has 19 heavy (non-hydrogen) atoms. The highest BCUT2D eigenvalue weighted by Crippen LogP contribution is 2.31. The summed E-state index contributed by atoms with van der Waals surface area (Å²) in [5.74, 6) is -1.71. The number of benzene rings is 1. The van der Waals surface area contributed by atoms with E-state index in [-0.39, 0.29) is 17.8 Å². The highest BCUT2D eigenvalue weighted by Gasteiger charge is 2.34. The molecule has 0 N–H and O–H groups in total. The highest BCUT2D eigenvalue weighted by molar-refractivity contribution is 5.96. The molecule has 0 aliphatic heterocycles. The number of halogens is 4. The molecule has 0 bridgehead atoms. The first-order chi connectivity index (χ1) is 8.86. The van der Waals surface area contributed by atoms with E-state index < -0.39 is 17.6 Å². The lowest BCUT2D eigenvalue weighted by Gasteiger charge is -2.09. The first-order valence-electron chi connectivity index (χ1n) is 6.26. The molecular weight excluding hydrogens is 260 g/mol. The van der Waals surface area contributed by atoms with E-state index >= 15 is 0 Å². The number of Topliss-reactive ketones (excluding diaryl/α,β-unsaturated/α-hetero) is 1. The van der Waals surface area contributed by atoms with Gasteiger partial charge in [0.15, 0.2) is 5.78 Å². The molecule has 1 nitrogen and oxygen atoms in total. The third-order valence-corrected chi connectivity index (χ3v) is 2.85. The van der Waals surface area contributed by atoms with Crippen molar-refractivity contribution in [3.63, 3.8) is 0 Å². The van der Waals surface area contributed by atoms with Crippen molar-refractivity contribution in [2.75, 3.05) is 0 Å². The van der Waals surface area contributed by atoms with Crippen molar-refractivity contribution in [3.8, 4) is 0 Å². The third kappa shape index (κ3) is 4.65. The van der Waals surface area contributed by atoms with Crippen LogP contribution in [0.25, 0.3) is 0 Å². The summed E-state index contributed by atoms with van der Waals surface area (Å²) in [6, 6.07) is 2.33. The van der Waals surface area contributed by atoms with Crippen molar-refractivity contribution >= 4 is 5.78 Å². The third-order valence-electron chi connectivity index (χ3n) is 2.85. The van der Waals surface area contributed by atoms with Crippen molar-refractivity contribution in [2.45, 2.75) is 45.2 Å². The number of hydrogen-bond donors (Lipinski definition) is 0. The summed E-state index contributed by atoms with van der Waals surface area (Å²) >= 11 is 0. The van der Waals surface area contributed by atoms with Gasteiger partial charge in [-0.1, -0.05) is 32.3 Å². The Bertz CT molecular complexity index is 438. The van der Waals surface area contributed by atoms with Crippen LogP contribution < -0.4 is 0 Å². The minimum absolute atomic E-state index is 0.00185. The van der Waals surface area contributed by atoms with E-state index in [1.165, 1.54) is 0 Å². The molecule has 0 spiro atoms. The predicted molar refractivity (Wildman–Crippen MR) is 64.5 cm³/mol. The van der Waals surface area contributed by atoms with Crippen LogP contribution in [0.15, 0.2) is 18.2 Å². The van der Waals surface area contributed by atoms with Crippen LogP contribution in [0.5, 0.6) is 0 Å². The van der Waals surface area contributed by atoms with Gasteiger partial charge in [0.05, 0.1) is 5.56 Å². The summed E-state index contributed by atoms with van der Waals surface area (Å²) in [6.07, 6.45) is -0.879. The van der Waals surface area contributed by atoms with Gasteiger partial charge in [-0.05, 0) is 18.6 Å². The summed E-state index contributed by atoms with van der Waals surface area (Å²) < 4.78 is 50.3. The Morgan fingerprint density at radius 1 is 1.16 bits per heavy atom. The number of rotatable bonds is 6. The van der Waals surface area contributed by atoms with E-state index in [1.54, 1.807) is 0 Å². The standard InChI is InChI=1S/C14H16F4O/c1-2-3-4-5-6-13(19)10-7-8-11(12(15)9-10)14(16,17)18/h7-9H,2-6H2,1H3. The average Bonchev–Trinajstić information content (AvgIpc) is 2.32. The smallest absolute Gasteiger partial charge is 0.294 e. The number of unbranched alkanes of at least 4 members (excludes halogenated alkanes) is 3. The van der Waals surface area contributed by atoms with Crippen molar-refractivity contribution in [2.24, 2.45) is 0 Å². The fraction of sp³-hybridized carbons (Fsp3) is 0.500. The first-order valence-corrected chi connectivity index (χ1v) is 6.26. The molecular formula is C14H16F4O. The van der Waals surface area contributed by atoms with Gasteiger partial charge in [-0.3, -0.25) is 4.79 Å². The van der Waals surface area contributed by atoms with Gasteiger partial charge in [0.1, 0.15) is 5.82 Å². The maximum absolute atomic E-state index is 13.3. The zero-order valence-corrected chi connectivity index (χ0v) is 10.7. The monoisotopic (exact) mass is 276 g/mol. The molecule has 0 heterocycles. The molecule has 0 atom stereocenters. The molecule has 0 aliphatic carbocycles. The number of alkyl halides is 3. The molecule has 0 saturated heterocycles. The highest BCUT2D eigenvalue weighted by atomic mass is 19.4. The van der Waals surface area contributed by atoms with Crippen molar-refractivity contribution < 1.29 is 22.4 Å². The first kappa shape index (κ1) is 15.7. The van der Waals surface area contributed by atoms with Gasteiger partial charge < -0.3 is 0 Å². The molecule has 0 aromatic heterocycles. The van der Waals surface area contributed by atoms with E-state index in [2.05, 4.69) is 0 Å². The van der Waals surface area contributed by atoms with Crippen LogP contribution in [-0.2, 0) is 6.18 Å². The summed E-state index contributed by atoms with van der Waals surface area (Å²) in [6.45, 7) is 2.03. The van der Waals surface area contributed by atoms with Crippen LogP contribution in [0.1, 0.15) is 54.9 Å². The van der Waals surface area contributed by atoms with Crippen molar-refractivity contribution in [3.05, 3.63) is 35.1 Å². The zero-order valence-electron chi connectivity index (χ0n) is 10.7. The molecule has 1 rings (SSSR count). The molecule has 0 aliphatic rings. The maximum atomic E-state index is 13.3. The van der Waals surface area contributed by atoms with Gasteiger partial charge in [-0.2, -0.15) is 13.2 Å². The van der Waals surface area contributed by atoms with Gasteiger partial charge in [-0.25, -0.2) is 4.39 Å². The van der Waals surface area contributed by atoms with Crippen molar-refractivity contribution in [1.29, 1.82) is 0 Å². The number of carbonyl (C=O) groups excluding carboxylic acids is 1. The SMILES string of the molecule is CCCCCCC(=O)c1ccc(C(F)(F)F)c(F)c1. The predicted octanol–water partition coefficient (Wildman–Crippen LogP) is 5.00. The second kappa shape index (κ2) is 6.68. The fourth-order valence-electron chi connectivity index (χ4n) is 1.78. The Morgan fingerprint density at radius 2 is 1.84 bits per heavy atom. The van der Waals surface area contributed by atoms with E-state index in [0.717, 1.165) is 25.3 Å². The summed E-state index contributed by atoms with van der Waals surface area (Å²) in [7, 11) is 0. The maximum Gasteiger partial charge on any atom is 0.419 e. The zero-order chi connectivity index (χ0) is 14.5. The van der Waals surface area contributed by atoms with Crippen LogP contribution in [0.4, 0.5) is 17.6 Å². The van der Waals surface area contributed by atoms with E-state index in [4.69, 9.17) is 0 Å². The summed E-state index contributed by atoms with van der Waals surface area (Å²) in [5, 5.41) is 0. The van der Waals surface area contributed by atoms with E-state index in [1.807, 2.05) is 6.92 Å². The fourth-order valence-corrected chi connectivity index (χ4v) is 1.78. The van der Waals surface area contributed by atoms with Gasteiger partial charge in [-0.15, -0.1) is 0 Å². The molecule has 0 unspecified atom stereocenters. The van der Waals surface area contributed by atoms with Gasteiger partial charge >= 0.3 is 6.18 Å². The van der Waals surface area contributed by atoms with E-state index in [9.17, 15) is 22.4 Å². The van der Waals surface area contributed by atoms with E-state index in [0.29, 0.717) is 18.6 Å². The second-order valence-electron chi connectivity index (χ2n) is 4.43. The lowest BCUT2D eigenvalue weighted by Crippen LogP contribution is -2.09. The lowest BCUT2D eigenvalue weighted by molar-refractivity contribution is -0.140. The minimum Gasteiger partial charge on any atom is -0.294 e. The Kier molecular flexibility index (Phi) is 5.51. The average molecular weight is 276 g/mol. The quantitative estimate of drug-likeness (QED) is 0.406. The molecule has 0 amide bonds. The Labute approximate surface area is 109 Å². The van der Waals surface area contributed by atoms with Crippen LogP contribution in [0.3, 0.4) is 0 Å². The largest absolute Gasteiger partial charge is 0.419 e. The number of ketones is 1. The number of carbonyl (C=O) groups is 1. The van der Waals surface area contributed by atoms with Crippen LogP contribution >= 0.6 is 0 Å². The Morgan fingerprint density at radius 3 is 2.37 bits per heavy atom. The molecule has 1 aromatic carbocycles. The molecule has 5 heteroatoms. The Hall–Kier alpha value is -1.39. The second-order valence-corrected chi connectivity index (χ2v) is 4.43. The van der Waals surface area contributed by atoms with Gasteiger partial charge in [0.25, 0.3) is 0 Å². The summed E-state index contributed by atoms with van der Waals surface area (Å²) in [4.78, 5) is 11.7. The molecule has 106 valence electrons. The molecule has 1 aromatic rings. The van der Waals surface area contributed by atoms with Gasteiger partial charge in [0, 0.05) is 12.0 Å². The number of hydrogen-bond acceptors (Lipinski definition) is 1. The van der Waals surface area contributed by atoms with Crippen LogP contribution in [0, 0.1) is 5.82 Å².